The Morgan fingerprint density at radius 1 is 1.11 bits per heavy atom. The van der Waals surface area contributed by atoms with E-state index in [1.54, 1.807) is 18.3 Å². The van der Waals surface area contributed by atoms with E-state index in [1.165, 1.54) is 0 Å². The van der Waals surface area contributed by atoms with Crippen LogP contribution in [0.3, 0.4) is 0 Å². The van der Waals surface area contributed by atoms with Crippen molar-refractivity contribution in [2.45, 2.75) is 39.2 Å². The summed E-state index contributed by atoms with van der Waals surface area (Å²) in [6, 6.07) is 13.3. The van der Waals surface area contributed by atoms with Crippen LogP contribution in [0.1, 0.15) is 44.0 Å². The summed E-state index contributed by atoms with van der Waals surface area (Å²) in [5, 5.41) is 2.67. The molecule has 0 unspecified atom stereocenters. The van der Waals surface area contributed by atoms with Gasteiger partial charge in [0.05, 0.1) is 5.56 Å². The van der Waals surface area contributed by atoms with E-state index in [9.17, 15) is 9.59 Å². The molecule has 1 amide bonds. The first kappa shape index (κ1) is 20.4. The van der Waals surface area contributed by atoms with E-state index in [-0.39, 0.29) is 5.78 Å². The number of rotatable bonds is 7. The molecule has 27 heavy (non-hydrogen) atoms. The number of hydrogen-bond acceptors (Lipinski definition) is 5. The maximum atomic E-state index is 12.7. The lowest BCUT2D eigenvalue weighted by molar-refractivity contribution is 0.0525. The molecule has 144 valence electrons. The first-order valence-corrected chi connectivity index (χ1v) is 9.02. The first-order chi connectivity index (χ1) is 12.8. The van der Waals surface area contributed by atoms with Gasteiger partial charge in [0, 0.05) is 31.9 Å². The second-order valence-corrected chi connectivity index (χ2v) is 7.22. The number of Topliss-reactive ketones (excluding diaryl/α,β-unsaturated/α-hetero) is 1. The van der Waals surface area contributed by atoms with Crippen molar-refractivity contribution >= 4 is 23.4 Å². The normalized spacial score (nSPS) is 11.0. The highest BCUT2D eigenvalue weighted by molar-refractivity contribution is 6.01. The van der Waals surface area contributed by atoms with E-state index >= 15 is 0 Å². The highest BCUT2D eigenvalue weighted by Gasteiger charge is 2.17. The molecule has 0 saturated carbocycles. The number of aromatic nitrogens is 1. The van der Waals surface area contributed by atoms with E-state index in [0.29, 0.717) is 30.8 Å². The van der Waals surface area contributed by atoms with Crippen molar-refractivity contribution in [1.29, 1.82) is 0 Å². The number of carbonyl (C=O) groups excluding carboxylic acids is 2. The van der Waals surface area contributed by atoms with E-state index in [0.717, 1.165) is 5.69 Å². The molecule has 0 aliphatic heterocycles. The van der Waals surface area contributed by atoms with Crippen molar-refractivity contribution in [3.8, 4) is 0 Å². The minimum atomic E-state index is -0.535. The van der Waals surface area contributed by atoms with Gasteiger partial charge in [0.15, 0.2) is 5.78 Å². The number of alkyl carbamates (subject to hydrolysis) is 1. The second-order valence-electron chi connectivity index (χ2n) is 7.22. The van der Waals surface area contributed by atoms with Gasteiger partial charge < -0.3 is 15.0 Å². The third kappa shape index (κ3) is 6.40. The van der Waals surface area contributed by atoms with Gasteiger partial charge >= 0.3 is 6.09 Å². The maximum Gasteiger partial charge on any atom is 0.407 e. The number of nitrogens with one attached hydrogen (secondary N) is 1. The quantitative estimate of drug-likeness (QED) is 0.581. The molecule has 0 bridgehead atoms. The molecular formula is C21H27N3O3. The summed E-state index contributed by atoms with van der Waals surface area (Å²) in [7, 11) is 1.89. The Balaban J connectivity index is 1.94. The van der Waals surface area contributed by atoms with Crippen LogP contribution in [0.15, 0.2) is 48.7 Å². The summed E-state index contributed by atoms with van der Waals surface area (Å²) >= 11 is 0. The van der Waals surface area contributed by atoms with Crippen LogP contribution in [-0.2, 0) is 4.74 Å². The highest BCUT2D eigenvalue weighted by atomic mass is 16.6. The molecule has 0 saturated heterocycles. The average molecular weight is 369 g/mol. The maximum absolute atomic E-state index is 12.7. The molecule has 1 heterocycles. The molecule has 0 aliphatic rings. The molecule has 6 nitrogen and oxygen atoms in total. The van der Waals surface area contributed by atoms with Crippen LogP contribution >= 0.6 is 0 Å². The summed E-state index contributed by atoms with van der Waals surface area (Å²) in [6.45, 7) is 5.81. The van der Waals surface area contributed by atoms with Crippen molar-refractivity contribution < 1.29 is 14.3 Å². The second kappa shape index (κ2) is 9.16. The number of ether oxygens (including phenoxy) is 1. The molecular weight excluding hydrogens is 342 g/mol. The Labute approximate surface area is 160 Å². The van der Waals surface area contributed by atoms with Gasteiger partial charge in [-0.3, -0.25) is 4.79 Å². The average Bonchev–Trinajstić information content (AvgIpc) is 2.64. The van der Waals surface area contributed by atoms with Crippen molar-refractivity contribution in [1.82, 2.24) is 10.3 Å². The van der Waals surface area contributed by atoms with Gasteiger partial charge in [-0.25, -0.2) is 9.78 Å². The number of para-hydroxylation sites is 1. The topological polar surface area (TPSA) is 71.5 Å². The lowest BCUT2D eigenvalue weighted by Gasteiger charge is -2.21. The number of amides is 1. The molecule has 0 spiro atoms. The fourth-order valence-electron chi connectivity index (χ4n) is 2.54. The van der Waals surface area contributed by atoms with Gasteiger partial charge in [-0.05, 0) is 51.5 Å². The molecule has 0 atom stereocenters. The van der Waals surface area contributed by atoms with Crippen LogP contribution < -0.4 is 10.2 Å². The lowest BCUT2D eigenvalue weighted by Crippen LogP contribution is -2.33. The van der Waals surface area contributed by atoms with Gasteiger partial charge in [-0.1, -0.05) is 18.2 Å². The van der Waals surface area contributed by atoms with Crippen molar-refractivity contribution in [3.63, 3.8) is 0 Å². The summed E-state index contributed by atoms with van der Waals surface area (Å²) in [6.07, 6.45) is 2.05. The third-order valence-corrected chi connectivity index (χ3v) is 3.80. The van der Waals surface area contributed by atoms with Crippen molar-refractivity contribution in [2.24, 2.45) is 0 Å². The third-order valence-electron chi connectivity index (χ3n) is 3.80. The minimum Gasteiger partial charge on any atom is -0.444 e. The number of carbonyl (C=O) groups is 2. The molecule has 1 aromatic carbocycles. The Hall–Kier alpha value is -2.89. The Bertz CT molecular complexity index is 770. The fourth-order valence-corrected chi connectivity index (χ4v) is 2.54. The van der Waals surface area contributed by atoms with Crippen LogP contribution in [0.2, 0.25) is 0 Å². The van der Waals surface area contributed by atoms with E-state index < -0.39 is 11.7 Å². The van der Waals surface area contributed by atoms with Gasteiger partial charge in [0.1, 0.15) is 11.4 Å². The van der Waals surface area contributed by atoms with Gasteiger partial charge in [0.2, 0.25) is 0 Å². The Morgan fingerprint density at radius 2 is 1.81 bits per heavy atom. The van der Waals surface area contributed by atoms with Gasteiger partial charge in [-0.15, -0.1) is 0 Å². The number of hydrogen-bond donors (Lipinski definition) is 1. The summed E-state index contributed by atoms with van der Waals surface area (Å²) in [5.41, 5.74) is 0.991. The number of benzene rings is 1. The molecule has 1 N–H and O–H groups in total. The molecule has 6 heteroatoms. The van der Waals surface area contributed by atoms with Crippen LogP contribution in [0.5, 0.6) is 0 Å². The minimum absolute atomic E-state index is 0.00753. The monoisotopic (exact) mass is 369 g/mol. The molecule has 0 aliphatic carbocycles. The van der Waals surface area contributed by atoms with Crippen LogP contribution in [0, 0.1) is 0 Å². The zero-order chi connectivity index (χ0) is 19.9. The smallest absolute Gasteiger partial charge is 0.407 e. The number of ketones is 1. The Kier molecular flexibility index (Phi) is 6.93. The SMILES string of the molecule is CN(c1ccccc1)c1ncccc1C(=O)CCCNC(=O)OC(C)(C)C. The number of anilines is 2. The van der Waals surface area contributed by atoms with Gasteiger partial charge in [0.25, 0.3) is 0 Å². The zero-order valence-electron chi connectivity index (χ0n) is 16.4. The molecule has 2 aromatic rings. The molecule has 0 radical (unpaired) electrons. The van der Waals surface area contributed by atoms with E-state index in [2.05, 4.69) is 10.3 Å². The highest BCUT2D eigenvalue weighted by Crippen LogP contribution is 2.25. The zero-order valence-corrected chi connectivity index (χ0v) is 16.4. The number of pyridine rings is 1. The van der Waals surface area contributed by atoms with Crippen LogP contribution in [0.4, 0.5) is 16.3 Å². The predicted octanol–water partition coefficient (Wildman–Crippen LogP) is 4.34. The molecule has 0 fully saturated rings. The summed E-state index contributed by atoms with van der Waals surface area (Å²) < 4.78 is 5.18. The van der Waals surface area contributed by atoms with Crippen molar-refractivity contribution in [2.75, 3.05) is 18.5 Å². The lowest BCUT2D eigenvalue weighted by atomic mass is 10.1. The standard InChI is InChI=1S/C21H27N3O3/c1-21(2,3)27-20(26)23-15-9-13-18(25)17-12-8-14-22-19(17)24(4)16-10-6-5-7-11-16/h5-8,10-12,14H,9,13,15H2,1-4H3,(H,23,26). The van der Waals surface area contributed by atoms with E-state index in [4.69, 9.17) is 4.74 Å². The van der Waals surface area contributed by atoms with Crippen LogP contribution in [0.25, 0.3) is 0 Å². The first-order valence-electron chi connectivity index (χ1n) is 9.02. The number of nitrogens with zero attached hydrogens (tertiary/aromatic N) is 2. The van der Waals surface area contributed by atoms with Crippen LogP contribution in [-0.4, -0.2) is 36.1 Å². The van der Waals surface area contributed by atoms with Crippen molar-refractivity contribution in [3.05, 3.63) is 54.2 Å². The van der Waals surface area contributed by atoms with Gasteiger partial charge in [-0.2, -0.15) is 0 Å². The molecule has 2 rings (SSSR count). The summed E-state index contributed by atoms with van der Waals surface area (Å²) in [5.74, 6) is 0.612. The Morgan fingerprint density at radius 3 is 2.48 bits per heavy atom. The predicted molar refractivity (Wildman–Crippen MR) is 107 cm³/mol. The fraction of sp³-hybridized carbons (Fsp3) is 0.381. The molecule has 1 aromatic heterocycles. The summed E-state index contributed by atoms with van der Waals surface area (Å²) in [4.78, 5) is 30.6. The van der Waals surface area contributed by atoms with E-state index in [1.807, 2.05) is 63.1 Å². The largest absolute Gasteiger partial charge is 0.444 e.